The van der Waals surface area contributed by atoms with Gasteiger partial charge in [-0.3, -0.25) is 13.7 Å². The maximum atomic E-state index is 10.9. The third kappa shape index (κ3) is 16.2. The smallest absolute Gasteiger partial charge is 0.266 e. The molecule has 14 nitrogen and oxygen atoms in total. The molecule has 17 heteroatoms. The van der Waals surface area contributed by atoms with Crippen LogP contribution >= 0.6 is 0 Å². The number of nitrogens with two attached hydrogens (primary N) is 3. The van der Waals surface area contributed by atoms with Crippen LogP contribution in [0.2, 0.25) is 0 Å². The van der Waals surface area contributed by atoms with Gasteiger partial charge in [0.2, 0.25) is 0 Å². The summed E-state index contributed by atoms with van der Waals surface area (Å²) in [5, 5.41) is 2.06. The van der Waals surface area contributed by atoms with E-state index in [1.54, 1.807) is 36.4 Å². The third-order valence-electron chi connectivity index (χ3n) is 8.67. The van der Waals surface area contributed by atoms with E-state index < -0.39 is 65.7 Å². The van der Waals surface area contributed by atoms with Crippen molar-refractivity contribution in [1.29, 1.82) is 0 Å². The van der Waals surface area contributed by atoms with Crippen molar-refractivity contribution < 1.29 is 48.4 Å². The molecule has 0 fully saturated rings. The quantitative estimate of drug-likeness (QED) is 0.0674. The molecule has 0 spiro atoms. The molecule has 0 amide bonds. The Balaban J connectivity index is 0.000000198. The fraction of sp³-hybridized carbons (Fsp3) is 0.190. The number of ether oxygens (including phenoxy) is 2. The Labute approximate surface area is 344 Å². The van der Waals surface area contributed by atoms with Gasteiger partial charge in [-0.2, -0.15) is 25.3 Å². The summed E-state index contributed by atoms with van der Waals surface area (Å²) in [7, 11) is -10.8. The molecule has 0 heterocycles. The second-order valence-electron chi connectivity index (χ2n) is 13.3. The van der Waals surface area contributed by atoms with Gasteiger partial charge in [-0.1, -0.05) is 127 Å². The van der Waals surface area contributed by atoms with Crippen molar-refractivity contribution in [2.45, 2.75) is 24.7 Å². The number of hydrogen-bond donors (Lipinski definition) is 6. The summed E-state index contributed by atoms with van der Waals surface area (Å²) in [6, 6.07) is 42.7. The molecule has 9 N–H and O–H groups in total. The van der Waals surface area contributed by atoms with Gasteiger partial charge in [0.05, 0.1) is 24.4 Å². The molecule has 0 saturated heterocycles. The molecule has 314 valence electrons. The van der Waals surface area contributed by atoms with E-state index >= 15 is 0 Å². The molecule has 0 bridgehead atoms. The van der Waals surface area contributed by atoms with Gasteiger partial charge < -0.3 is 26.7 Å². The molecule has 0 aliphatic carbocycles. The van der Waals surface area contributed by atoms with Crippen LogP contribution < -0.4 is 26.7 Å². The molecule has 0 aromatic heterocycles. The number of hydrogen-bond acceptors (Lipinski definition) is 11. The predicted octanol–water partition coefficient (Wildman–Crippen LogP) is 6.13. The number of methoxy groups -OCH3 is 1. The topological polar surface area (TPSA) is 260 Å². The van der Waals surface area contributed by atoms with Crippen molar-refractivity contribution >= 4 is 41.1 Å². The van der Waals surface area contributed by atoms with E-state index in [1.165, 1.54) is 7.11 Å². The Kier molecular flexibility index (Phi) is 16.7. The highest BCUT2D eigenvalue weighted by molar-refractivity contribution is 7.86. The van der Waals surface area contributed by atoms with Crippen molar-refractivity contribution in [3.8, 4) is 22.6 Å². The Morgan fingerprint density at radius 2 is 0.898 bits per heavy atom. The average molecular weight is 866 g/mol. The Morgan fingerprint density at radius 1 is 0.475 bits per heavy atom. The van der Waals surface area contributed by atoms with Crippen LogP contribution in [0.4, 0.5) is 0 Å². The second kappa shape index (κ2) is 21.2. The van der Waals surface area contributed by atoms with E-state index in [1.807, 2.05) is 109 Å². The van der Waals surface area contributed by atoms with Crippen LogP contribution in [0.3, 0.4) is 0 Å². The van der Waals surface area contributed by atoms with Crippen molar-refractivity contribution in [3.63, 3.8) is 0 Å². The summed E-state index contributed by atoms with van der Waals surface area (Å²) >= 11 is 0. The van der Waals surface area contributed by atoms with Crippen LogP contribution in [0.25, 0.3) is 21.9 Å². The molecule has 6 aromatic rings. The van der Waals surface area contributed by atoms with Crippen LogP contribution in [0.5, 0.6) is 11.5 Å². The first-order valence-corrected chi connectivity index (χ1v) is 22.7. The highest BCUT2D eigenvalue weighted by atomic mass is 32.2. The molecule has 0 aliphatic heterocycles. The first kappa shape index (κ1) is 46.5. The Bertz CT molecular complexity index is 2600. The van der Waals surface area contributed by atoms with Crippen LogP contribution in [0.1, 0.15) is 40.4 Å². The van der Waals surface area contributed by atoms with E-state index in [0.29, 0.717) is 34.8 Å². The maximum absolute atomic E-state index is 10.9. The molecule has 6 aromatic carbocycles. The lowest BCUT2D eigenvalue weighted by atomic mass is 10.0. The fourth-order valence-corrected chi connectivity index (χ4v) is 7.67. The molecule has 3 unspecified atom stereocenters. The monoisotopic (exact) mass is 865 g/mol. The highest BCUT2D eigenvalue weighted by Gasteiger charge is 2.18. The standard InChI is InChI=1S/C16H19NO5S.C14H15NO3S.C12H13NO3S/c1-21-16-9-13(14(17)11-23(18,19)20)7-8-15(16)22-10-12-5-3-2-4-6-12;15-14(10-19(16,17)18)13-8-6-12(7-9-13)11-4-2-1-3-5-11;13-12(8-17(14,15)16)11-6-5-9-3-1-2-4-10(9)7-11/h2-9,14H,10-11,17H2,1H3,(H,18,19,20);1-9,14H,10,15H2,(H,16,17,18);1-7,12H,8,13H2,(H,14,15,16). The summed E-state index contributed by atoms with van der Waals surface area (Å²) in [5.74, 6) is -0.521. The van der Waals surface area contributed by atoms with Gasteiger partial charge in [0.25, 0.3) is 30.4 Å². The van der Waals surface area contributed by atoms with E-state index in [-0.39, 0.29) is 0 Å². The van der Waals surface area contributed by atoms with Gasteiger partial charge in [0.15, 0.2) is 11.5 Å². The minimum Gasteiger partial charge on any atom is -0.493 e. The molecule has 0 aliphatic rings. The van der Waals surface area contributed by atoms with Crippen molar-refractivity contribution in [2.24, 2.45) is 17.2 Å². The molecule has 3 atom stereocenters. The Hall–Kier alpha value is -5.21. The molecule has 59 heavy (non-hydrogen) atoms. The van der Waals surface area contributed by atoms with Gasteiger partial charge in [-0.05, 0) is 62.4 Å². The lowest BCUT2D eigenvalue weighted by Crippen LogP contribution is -2.21. The lowest BCUT2D eigenvalue weighted by Gasteiger charge is -2.15. The molecule has 0 radical (unpaired) electrons. The summed E-state index contributed by atoms with van der Waals surface area (Å²) in [6.45, 7) is 0.383. The maximum Gasteiger partial charge on any atom is 0.266 e. The highest BCUT2D eigenvalue weighted by Crippen LogP contribution is 2.31. The molecule has 0 saturated carbocycles. The van der Waals surface area contributed by atoms with E-state index in [2.05, 4.69) is 0 Å². The first-order valence-electron chi connectivity index (χ1n) is 17.9. The number of benzene rings is 6. The van der Waals surface area contributed by atoms with Crippen LogP contribution in [-0.4, -0.2) is 63.3 Å². The van der Waals surface area contributed by atoms with Crippen LogP contribution in [0.15, 0.2) is 146 Å². The zero-order valence-electron chi connectivity index (χ0n) is 32.0. The minimum atomic E-state index is -4.14. The largest absolute Gasteiger partial charge is 0.493 e. The van der Waals surface area contributed by atoms with Gasteiger partial charge in [0, 0.05) is 18.1 Å². The Morgan fingerprint density at radius 3 is 1.42 bits per heavy atom. The summed E-state index contributed by atoms with van der Waals surface area (Å²) in [4.78, 5) is 0. The first-order chi connectivity index (χ1) is 27.8. The van der Waals surface area contributed by atoms with E-state index in [0.717, 1.165) is 27.5 Å². The molecular weight excluding hydrogens is 819 g/mol. The summed E-state index contributed by atoms with van der Waals surface area (Å²) in [5.41, 5.74) is 22.3. The van der Waals surface area contributed by atoms with Crippen molar-refractivity contribution in [2.75, 3.05) is 24.4 Å². The van der Waals surface area contributed by atoms with Gasteiger partial charge in [-0.15, -0.1) is 0 Å². The van der Waals surface area contributed by atoms with Crippen molar-refractivity contribution in [1.82, 2.24) is 0 Å². The lowest BCUT2D eigenvalue weighted by molar-refractivity contribution is 0.284. The fourth-order valence-electron chi connectivity index (χ4n) is 5.73. The molecule has 6 rings (SSSR count). The van der Waals surface area contributed by atoms with Crippen LogP contribution in [0, 0.1) is 0 Å². The minimum absolute atomic E-state index is 0.383. The second-order valence-corrected chi connectivity index (χ2v) is 17.8. The van der Waals surface area contributed by atoms with Gasteiger partial charge in [0.1, 0.15) is 6.61 Å². The number of rotatable bonds is 14. The zero-order chi connectivity index (χ0) is 43.2. The van der Waals surface area contributed by atoms with E-state index in [4.69, 9.17) is 40.3 Å². The predicted molar refractivity (Wildman–Crippen MR) is 230 cm³/mol. The zero-order valence-corrected chi connectivity index (χ0v) is 34.4. The van der Waals surface area contributed by atoms with Crippen molar-refractivity contribution in [3.05, 3.63) is 168 Å². The summed E-state index contributed by atoms with van der Waals surface area (Å²) in [6.07, 6.45) is 0. The third-order valence-corrected chi connectivity index (χ3v) is 11.0. The number of fused-ring (bicyclic) bond motifs is 1. The normalized spacial score (nSPS) is 13.1. The summed E-state index contributed by atoms with van der Waals surface area (Å²) < 4.78 is 102. The van der Waals surface area contributed by atoms with Gasteiger partial charge >= 0.3 is 0 Å². The van der Waals surface area contributed by atoms with Gasteiger partial charge in [-0.25, -0.2) is 0 Å². The van der Waals surface area contributed by atoms with E-state index in [9.17, 15) is 25.3 Å². The SMILES string of the molecule is COc1cc(C(N)CS(=O)(=O)O)ccc1OCc1ccccc1.NC(CS(=O)(=O)O)c1ccc(-c2ccccc2)cc1.NC(CS(=O)(=O)O)c1ccc2ccccc2c1. The average Bonchev–Trinajstić information content (AvgIpc) is 3.19. The molecular formula is C42H47N3O11S3. The van der Waals surface area contributed by atoms with Crippen LogP contribution in [-0.2, 0) is 37.0 Å².